The number of thioether (sulfide) groups is 1. The van der Waals surface area contributed by atoms with E-state index in [4.69, 9.17) is 10.4 Å². The average molecular weight is 327 g/mol. The maximum atomic E-state index is 12.0. The molecule has 0 aliphatic carbocycles. The zero-order chi connectivity index (χ0) is 16.8. The third-order valence-corrected chi connectivity index (χ3v) is 3.88. The molecule has 0 aliphatic heterocycles. The number of nitrogens with one attached hydrogen (secondary N) is 1. The molecule has 1 aromatic heterocycles. The number of carbonyl (C=O) groups is 2. The number of pyridine rings is 1. The second-order valence-electron chi connectivity index (χ2n) is 4.60. The number of hydrogen-bond acceptors (Lipinski definition) is 5. The minimum Gasteiger partial charge on any atom is -0.478 e. The number of carboxylic acid groups (broad SMARTS) is 1. The second-order valence-corrected chi connectivity index (χ2v) is 5.57. The van der Waals surface area contributed by atoms with Gasteiger partial charge in [0.15, 0.2) is 0 Å². The average Bonchev–Trinajstić information content (AvgIpc) is 2.53. The number of nitriles is 1. The zero-order valence-corrected chi connectivity index (χ0v) is 13.1. The first-order chi connectivity index (χ1) is 11.0. The van der Waals surface area contributed by atoms with Crippen LogP contribution in [0.3, 0.4) is 0 Å². The van der Waals surface area contributed by atoms with Crippen LogP contribution >= 0.6 is 11.8 Å². The van der Waals surface area contributed by atoms with Gasteiger partial charge in [-0.2, -0.15) is 5.26 Å². The van der Waals surface area contributed by atoms with Crippen LogP contribution in [-0.2, 0) is 4.79 Å². The number of aromatic carboxylic acids is 1. The Morgan fingerprint density at radius 3 is 2.74 bits per heavy atom. The minimum atomic E-state index is -1.11. The Labute approximate surface area is 137 Å². The molecule has 116 valence electrons. The number of aryl methyl sites for hydroxylation is 1. The quantitative estimate of drug-likeness (QED) is 0.818. The summed E-state index contributed by atoms with van der Waals surface area (Å²) in [6, 6.07) is 11.6. The highest BCUT2D eigenvalue weighted by molar-refractivity contribution is 8.00. The Hall–Kier alpha value is -2.85. The lowest BCUT2D eigenvalue weighted by Gasteiger charge is -2.08. The normalized spacial score (nSPS) is 9.91. The third-order valence-electron chi connectivity index (χ3n) is 2.89. The second kappa shape index (κ2) is 7.42. The number of amides is 1. The van der Waals surface area contributed by atoms with Gasteiger partial charge in [0.1, 0.15) is 11.1 Å². The number of nitrogens with zero attached hydrogens (tertiary/aromatic N) is 2. The Balaban J connectivity index is 2.06. The lowest BCUT2D eigenvalue weighted by atomic mass is 10.2. The van der Waals surface area contributed by atoms with Gasteiger partial charge in [-0.05, 0) is 31.2 Å². The largest absolute Gasteiger partial charge is 0.478 e. The first-order valence-corrected chi connectivity index (χ1v) is 7.62. The van der Waals surface area contributed by atoms with Gasteiger partial charge in [-0.15, -0.1) is 0 Å². The van der Waals surface area contributed by atoms with Crippen LogP contribution in [0, 0.1) is 18.3 Å². The van der Waals surface area contributed by atoms with Crippen molar-refractivity contribution in [1.82, 2.24) is 4.98 Å². The summed E-state index contributed by atoms with van der Waals surface area (Å²) in [5, 5.41) is 21.2. The molecule has 23 heavy (non-hydrogen) atoms. The summed E-state index contributed by atoms with van der Waals surface area (Å²) in [7, 11) is 0. The topological polar surface area (TPSA) is 103 Å². The molecule has 2 aromatic rings. The maximum absolute atomic E-state index is 12.0. The van der Waals surface area contributed by atoms with Gasteiger partial charge in [0.2, 0.25) is 5.91 Å². The van der Waals surface area contributed by atoms with E-state index in [0.717, 1.165) is 17.5 Å². The molecule has 6 nitrogen and oxygen atoms in total. The van der Waals surface area contributed by atoms with Crippen LogP contribution in [0.1, 0.15) is 21.6 Å². The van der Waals surface area contributed by atoms with Crippen molar-refractivity contribution in [2.75, 3.05) is 11.1 Å². The van der Waals surface area contributed by atoms with Crippen molar-refractivity contribution >= 4 is 29.3 Å². The SMILES string of the molecule is Cc1ccc(C#N)c(SCC(=O)Nc2ccccc2C(=O)O)n1. The first-order valence-electron chi connectivity index (χ1n) is 6.64. The van der Waals surface area contributed by atoms with Crippen molar-refractivity contribution in [3.8, 4) is 6.07 Å². The number of carbonyl (C=O) groups excluding carboxylic acids is 1. The number of carboxylic acids is 1. The summed E-state index contributed by atoms with van der Waals surface area (Å²) in [4.78, 5) is 27.3. The van der Waals surface area contributed by atoms with Crippen LogP contribution in [0.4, 0.5) is 5.69 Å². The summed E-state index contributed by atoms with van der Waals surface area (Å²) in [6.45, 7) is 1.80. The van der Waals surface area contributed by atoms with Gasteiger partial charge in [0, 0.05) is 5.69 Å². The van der Waals surface area contributed by atoms with Crippen molar-refractivity contribution in [2.24, 2.45) is 0 Å². The molecule has 2 N–H and O–H groups in total. The Bertz CT molecular complexity index is 799. The first kappa shape index (κ1) is 16.5. The van der Waals surface area contributed by atoms with Crippen LogP contribution in [0.5, 0.6) is 0 Å². The van der Waals surface area contributed by atoms with Crippen molar-refractivity contribution < 1.29 is 14.7 Å². The van der Waals surface area contributed by atoms with Crippen LogP contribution < -0.4 is 5.32 Å². The molecule has 1 aromatic carbocycles. The monoisotopic (exact) mass is 327 g/mol. The molecule has 7 heteroatoms. The lowest BCUT2D eigenvalue weighted by Crippen LogP contribution is -2.16. The number of rotatable bonds is 5. The highest BCUT2D eigenvalue weighted by Crippen LogP contribution is 2.21. The van der Waals surface area contributed by atoms with E-state index in [1.165, 1.54) is 12.1 Å². The van der Waals surface area contributed by atoms with E-state index in [0.29, 0.717) is 10.6 Å². The standard InChI is InChI=1S/C16H13N3O3S/c1-10-6-7-11(8-17)15(18-10)23-9-14(20)19-13-5-3-2-4-12(13)16(21)22/h2-7H,9H2,1H3,(H,19,20)(H,21,22). The summed E-state index contributed by atoms with van der Waals surface area (Å²) in [5.74, 6) is -1.45. The van der Waals surface area contributed by atoms with E-state index in [9.17, 15) is 9.59 Å². The minimum absolute atomic E-state index is 0.0252. The van der Waals surface area contributed by atoms with Gasteiger partial charge in [-0.1, -0.05) is 23.9 Å². The fourth-order valence-electron chi connectivity index (χ4n) is 1.83. The number of hydrogen-bond donors (Lipinski definition) is 2. The summed E-state index contributed by atoms with van der Waals surface area (Å²) in [6.07, 6.45) is 0. The molecule has 0 radical (unpaired) electrons. The fraction of sp³-hybridized carbons (Fsp3) is 0.125. The van der Waals surface area contributed by atoms with Gasteiger partial charge in [-0.3, -0.25) is 4.79 Å². The van der Waals surface area contributed by atoms with Crippen LogP contribution in [0.15, 0.2) is 41.4 Å². The zero-order valence-electron chi connectivity index (χ0n) is 12.2. The van der Waals surface area contributed by atoms with Crippen molar-refractivity contribution in [1.29, 1.82) is 5.26 Å². The molecule has 0 atom stereocenters. The van der Waals surface area contributed by atoms with E-state index in [1.54, 1.807) is 31.2 Å². The van der Waals surface area contributed by atoms with E-state index >= 15 is 0 Å². The van der Waals surface area contributed by atoms with E-state index in [1.807, 2.05) is 6.07 Å². The van der Waals surface area contributed by atoms with Gasteiger partial charge < -0.3 is 10.4 Å². The van der Waals surface area contributed by atoms with E-state index < -0.39 is 5.97 Å². The van der Waals surface area contributed by atoms with E-state index in [-0.39, 0.29) is 22.9 Å². The molecule has 1 amide bonds. The summed E-state index contributed by atoms with van der Waals surface area (Å²) >= 11 is 1.13. The lowest BCUT2D eigenvalue weighted by molar-refractivity contribution is -0.113. The maximum Gasteiger partial charge on any atom is 0.337 e. The fourth-order valence-corrected chi connectivity index (χ4v) is 2.64. The number of benzene rings is 1. The molecular weight excluding hydrogens is 314 g/mol. The molecule has 0 bridgehead atoms. The molecular formula is C16H13N3O3S. The molecule has 0 saturated carbocycles. The number of aromatic nitrogens is 1. The van der Waals surface area contributed by atoms with Crippen molar-refractivity contribution in [2.45, 2.75) is 11.9 Å². The number of anilines is 1. The molecule has 2 rings (SSSR count). The smallest absolute Gasteiger partial charge is 0.337 e. The highest BCUT2D eigenvalue weighted by atomic mass is 32.2. The molecule has 1 heterocycles. The van der Waals surface area contributed by atoms with Gasteiger partial charge in [0.25, 0.3) is 0 Å². The molecule has 0 spiro atoms. The third kappa shape index (κ3) is 4.31. The van der Waals surface area contributed by atoms with Crippen LogP contribution in [0.2, 0.25) is 0 Å². The van der Waals surface area contributed by atoms with Crippen molar-refractivity contribution in [3.63, 3.8) is 0 Å². The Kier molecular flexibility index (Phi) is 5.33. The Morgan fingerprint density at radius 1 is 1.30 bits per heavy atom. The Morgan fingerprint density at radius 2 is 2.04 bits per heavy atom. The summed E-state index contributed by atoms with van der Waals surface area (Å²) in [5.41, 5.74) is 1.42. The molecule has 0 fully saturated rings. The number of para-hydroxylation sites is 1. The molecule has 0 unspecified atom stereocenters. The van der Waals surface area contributed by atoms with Crippen LogP contribution in [0.25, 0.3) is 0 Å². The highest BCUT2D eigenvalue weighted by Gasteiger charge is 2.13. The van der Waals surface area contributed by atoms with Gasteiger partial charge >= 0.3 is 5.97 Å². The van der Waals surface area contributed by atoms with Crippen LogP contribution in [-0.4, -0.2) is 27.7 Å². The molecule has 0 aliphatic rings. The van der Waals surface area contributed by atoms with Crippen molar-refractivity contribution in [3.05, 3.63) is 53.2 Å². The van der Waals surface area contributed by atoms with Gasteiger partial charge in [-0.25, -0.2) is 9.78 Å². The van der Waals surface area contributed by atoms with Gasteiger partial charge in [0.05, 0.1) is 22.6 Å². The van der Waals surface area contributed by atoms with E-state index in [2.05, 4.69) is 10.3 Å². The predicted molar refractivity (Wildman–Crippen MR) is 86.4 cm³/mol. The molecule has 0 saturated heterocycles. The predicted octanol–water partition coefficient (Wildman–Crippen LogP) is 2.69. The summed E-state index contributed by atoms with van der Waals surface area (Å²) < 4.78 is 0.